The quantitative estimate of drug-likeness (QED) is 0.861. The summed E-state index contributed by atoms with van der Waals surface area (Å²) in [5.41, 5.74) is 2.94. The highest BCUT2D eigenvalue weighted by Crippen LogP contribution is 2.13. The topological polar surface area (TPSA) is 52.7 Å². The van der Waals surface area contributed by atoms with Crippen molar-refractivity contribution in [3.8, 4) is 0 Å². The first-order valence-corrected chi connectivity index (χ1v) is 9.48. The lowest BCUT2D eigenvalue weighted by Crippen LogP contribution is -2.51. The number of rotatable bonds is 5. The van der Waals surface area contributed by atoms with Crippen LogP contribution in [-0.2, 0) is 11.3 Å². The number of aryl methyl sites for hydroxylation is 1. The number of nitrogens with one attached hydrogen (secondary N) is 1. The summed E-state index contributed by atoms with van der Waals surface area (Å²) in [5, 5.41) is 3.58. The molecular weight excluding hydrogens is 362 g/mol. The molecular formula is C21H24ClN3O2. The minimum atomic E-state index is 0.00746. The third-order valence-corrected chi connectivity index (χ3v) is 4.98. The Morgan fingerprint density at radius 3 is 2.22 bits per heavy atom. The Labute approximate surface area is 164 Å². The number of hydrogen-bond donors (Lipinski definition) is 1. The molecule has 0 bridgehead atoms. The minimum Gasteiger partial charge on any atom is -0.351 e. The van der Waals surface area contributed by atoms with Crippen LogP contribution in [0.2, 0.25) is 5.02 Å². The number of hydrogen-bond acceptors (Lipinski definition) is 3. The van der Waals surface area contributed by atoms with Crippen LogP contribution < -0.4 is 5.32 Å². The fourth-order valence-electron chi connectivity index (χ4n) is 3.05. The lowest BCUT2D eigenvalue weighted by molar-refractivity contribution is -0.122. The van der Waals surface area contributed by atoms with Gasteiger partial charge in [-0.3, -0.25) is 14.5 Å². The van der Waals surface area contributed by atoms with Crippen LogP contribution in [0.4, 0.5) is 0 Å². The predicted molar refractivity (Wildman–Crippen MR) is 107 cm³/mol. The number of carbonyl (C=O) groups excluding carboxylic acids is 2. The summed E-state index contributed by atoms with van der Waals surface area (Å²) in [6, 6.07) is 15.1. The minimum absolute atomic E-state index is 0.00746. The van der Waals surface area contributed by atoms with Crippen molar-refractivity contribution >= 4 is 23.4 Å². The van der Waals surface area contributed by atoms with Crippen LogP contribution >= 0.6 is 11.6 Å². The van der Waals surface area contributed by atoms with E-state index in [-0.39, 0.29) is 11.8 Å². The van der Waals surface area contributed by atoms with Gasteiger partial charge in [0, 0.05) is 43.3 Å². The predicted octanol–water partition coefficient (Wildman–Crippen LogP) is 2.72. The fourth-order valence-corrected chi connectivity index (χ4v) is 3.18. The Morgan fingerprint density at radius 2 is 1.59 bits per heavy atom. The molecule has 1 aliphatic heterocycles. The van der Waals surface area contributed by atoms with E-state index in [0.29, 0.717) is 49.9 Å². The van der Waals surface area contributed by atoms with Crippen LogP contribution in [0.5, 0.6) is 0 Å². The highest BCUT2D eigenvalue weighted by atomic mass is 35.5. The first-order valence-electron chi connectivity index (χ1n) is 9.11. The number of nitrogens with zero attached hydrogens (tertiary/aromatic N) is 2. The third kappa shape index (κ3) is 5.55. The summed E-state index contributed by atoms with van der Waals surface area (Å²) in [6.45, 7) is 5.55. The normalized spacial score (nSPS) is 14.8. The maximum atomic E-state index is 12.5. The lowest BCUT2D eigenvalue weighted by Gasteiger charge is -2.34. The number of carbonyl (C=O) groups is 2. The van der Waals surface area contributed by atoms with E-state index in [9.17, 15) is 9.59 Å². The van der Waals surface area contributed by atoms with Gasteiger partial charge in [0.15, 0.2) is 0 Å². The summed E-state index contributed by atoms with van der Waals surface area (Å²) < 4.78 is 0. The molecule has 6 heteroatoms. The fraction of sp³-hybridized carbons (Fsp3) is 0.333. The average molecular weight is 386 g/mol. The number of piperazine rings is 1. The molecule has 0 aromatic heterocycles. The summed E-state index contributed by atoms with van der Waals surface area (Å²) in [5.74, 6) is 0.0168. The largest absolute Gasteiger partial charge is 0.351 e. The van der Waals surface area contributed by atoms with Gasteiger partial charge in [-0.2, -0.15) is 0 Å². The molecule has 1 saturated heterocycles. The Hall–Kier alpha value is -2.37. The number of amides is 2. The molecule has 2 amide bonds. The molecule has 27 heavy (non-hydrogen) atoms. The zero-order valence-corrected chi connectivity index (χ0v) is 16.2. The second-order valence-corrected chi connectivity index (χ2v) is 7.27. The highest BCUT2D eigenvalue weighted by Gasteiger charge is 2.23. The van der Waals surface area contributed by atoms with Gasteiger partial charge < -0.3 is 10.2 Å². The average Bonchev–Trinajstić information content (AvgIpc) is 2.68. The molecule has 0 unspecified atom stereocenters. The van der Waals surface area contributed by atoms with E-state index in [4.69, 9.17) is 11.6 Å². The van der Waals surface area contributed by atoms with E-state index in [1.165, 1.54) is 5.56 Å². The van der Waals surface area contributed by atoms with Crippen LogP contribution in [0.15, 0.2) is 48.5 Å². The molecule has 0 radical (unpaired) electrons. The summed E-state index contributed by atoms with van der Waals surface area (Å²) >= 11 is 5.87. The molecule has 1 aliphatic rings. The van der Waals surface area contributed by atoms with E-state index in [1.807, 2.05) is 36.1 Å². The van der Waals surface area contributed by atoms with Crippen molar-refractivity contribution < 1.29 is 9.59 Å². The summed E-state index contributed by atoms with van der Waals surface area (Å²) in [6.07, 6.45) is 0. The van der Waals surface area contributed by atoms with Crippen molar-refractivity contribution in [2.75, 3.05) is 32.7 Å². The molecule has 3 rings (SSSR count). The standard InChI is InChI=1S/C21H24ClN3O2/c1-16-2-4-17(5-3-16)14-23-20(26)15-24-10-12-25(13-11-24)21(27)18-6-8-19(22)9-7-18/h2-9H,10-15H2,1H3,(H,23,26). The Bertz CT molecular complexity index is 782. The third-order valence-electron chi connectivity index (χ3n) is 4.73. The molecule has 0 saturated carbocycles. The van der Waals surface area contributed by atoms with Crippen LogP contribution in [0.25, 0.3) is 0 Å². The number of benzene rings is 2. The van der Waals surface area contributed by atoms with E-state index in [1.54, 1.807) is 24.3 Å². The van der Waals surface area contributed by atoms with Gasteiger partial charge in [0.2, 0.25) is 5.91 Å². The molecule has 0 aliphatic carbocycles. The molecule has 1 N–H and O–H groups in total. The summed E-state index contributed by atoms with van der Waals surface area (Å²) in [7, 11) is 0. The molecule has 1 fully saturated rings. The molecule has 2 aromatic rings. The number of halogens is 1. The van der Waals surface area contributed by atoms with Crippen LogP contribution in [0.1, 0.15) is 21.5 Å². The van der Waals surface area contributed by atoms with E-state index < -0.39 is 0 Å². The van der Waals surface area contributed by atoms with E-state index >= 15 is 0 Å². The Morgan fingerprint density at radius 1 is 0.963 bits per heavy atom. The zero-order chi connectivity index (χ0) is 19.2. The van der Waals surface area contributed by atoms with Crippen molar-refractivity contribution in [1.82, 2.24) is 15.1 Å². The molecule has 1 heterocycles. The summed E-state index contributed by atoms with van der Waals surface area (Å²) in [4.78, 5) is 28.6. The zero-order valence-electron chi connectivity index (χ0n) is 15.5. The maximum Gasteiger partial charge on any atom is 0.253 e. The molecule has 5 nitrogen and oxygen atoms in total. The van der Waals surface area contributed by atoms with Crippen molar-refractivity contribution in [3.63, 3.8) is 0 Å². The van der Waals surface area contributed by atoms with Gasteiger partial charge in [0.1, 0.15) is 0 Å². The SMILES string of the molecule is Cc1ccc(CNC(=O)CN2CCN(C(=O)c3ccc(Cl)cc3)CC2)cc1. The van der Waals surface area contributed by atoms with Gasteiger partial charge in [-0.15, -0.1) is 0 Å². The second kappa shape index (κ2) is 9.02. The van der Waals surface area contributed by atoms with Gasteiger partial charge in [-0.1, -0.05) is 41.4 Å². The van der Waals surface area contributed by atoms with Gasteiger partial charge >= 0.3 is 0 Å². The monoisotopic (exact) mass is 385 g/mol. The Balaban J connectivity index is 1.42. The lowest BCUT2D eigenvalue weighted by atomic mass is 10.1. The first-order chi connectivity index (χ1) is 13.0. The van der Waals surface area contributed by atoms with Gasteiger partial charge in [-0.25, -0.2) is 0 Å². The van der Waals surface area contributed by atoms with Crippen LogP contribution in [-0.4, -0.2) is 54.3 Å². The highest BCUT2D eigenvalue weighted by molar-refractivity contribution is 6.30. The molecule has 2 aromatic carbocycles. The van der Waals surface area contributed by atoms with Crippen molar-refractivity contribution in [2.45, 2.75) is 13.5 Å². The maximum absolute atomic E-state index is 12.5. The van der Waals surface area contributed by atoms with Gasteiger partial charge in [-0.05, 0) is 36.8 Å². The molecule has 0 atom stereocenters. The van der Waals surface area contributed by atoms with Gasteiger partial charge in [0.25, 0.3) is 5.91 Å². The first kappa shape index (κ1) is 19.4. The molecule has 0 spiro atoms. The Kier molecular flexibility index (Phi) is 6.48. The van der Waals surface area contributed by atoms with Crippen molar-refractivity contribution in [3.05, 3.63) is 70.2 Å². The second-order valence-electron chi connectivity index (χ2n) is 6.84. The van der Waals surface area contributed by atoms with E-state index in [2.05, 4.69) is 10.2 Å². The molecule has 142 valence electrons. The van der Waals surface area contributed by atoms with E-state index in [0.717, 1.165) is 5.56 Å². The van der Waals surface area contributed by atoms with Crippen molar-refractivity contribution in [1.29, 1.82) is 0 Å². The van der Waals surface area contributed by atoms with Crippen LogP contribution in [0, 0.1) is 6.92 Å². The van der Waals surface area contributed by atoms with Crippen molar-refractivity contribution in [2.24, 2.45) is 0 Å². The smallest absolute Gasteiger partial charge is 0.253 e. The van der Waals surface area contributed by atoms with Gasteiger partial charge in [0.05, 0.1) is 6.54 Å². The van der Waals surface area contributed by atoms with Crippen LogP contribution in [0.3, 0.4) is 0 Å².